The Labute approximate surface area is 184 Å². The highest BCUT2D eigenvalue weighted by Crippen LogP contribution is 2.36. The summed E-state index contributed by atoms with van der Waals surface area (Å²) in [6, 6.07) is 6.34. The lowest BCUT2D eigenvalue weighted by molar-refractivity contribution is -0.357. The minimum atomic E-state index is -0.664. The van der Waals surface area contributed by atoms with Gasteiger partial charge in [0, 0.05) is 18.1 Å². The zero-order valence-electron chi connectivity index (χ0n) is 16.7. The van der Waals surface area contributed by atoms with Gasteiger partial charge < -0.3 is 33.1 Å². The van der Waals surface area contributed by atoms with Crippen LogP contribution in [0, 0.1) is 11.6 Å². The van der Waals surface area contributed by atoms with Crippen LogP contribution in [0.25, 0.3) is 0 Å². The van der Waals surface area contributed by atoms with Crippen LogP contribution in [0.3, 0.4) is 0 Å². The fourth-order valence-electron chi connectivity index (χ4n) is 4.38. The van der Waals surface area contributed by atoms with E-state index in [1.807, 2.05) is 4.90 Å². The van der Waals surface area contributed by atoms with Crippen LogP contribution in [0.2, 0.25) is 0 Å². The second-order valence-corrected chi connectivity index (χ2v) is 7.64. The third-order valence-corrected chi connectivity index (χ3v) is 5.66. The lowest BCUT2D eigenvalue weighted by Gasteiger charge is -2.38. The molecule has 1 unspecified atom stereocenters. The summed E-state index contributed by atoms with van der Waals surface area (Å²) in [5.74, 6) is -1.33. The highest BCUT2D eigenvalue weighted by atomic mass is 35.5. The molecule has 1 aromatic carbocycles. The standard InChI is InChI=1S/C21H22F2N4O3.ClH/c22-12-1-5-17(6-2-12)30-21-18(7-13(23)11-25-21)20(29)26-14-8-15-3-4-16(9-14)27(15)19(28)10-24;/h1-2,5-7,11,14-16H,3-4,8-10,24H2,(H,26,29);1H/t14?,15-,16+;. The minimum absolute atomic E-state index is 0. The summed E-state index contributed by atoms with van der Waals surface area (Å²) in [5.41, 5.74) is 3.64. The number of rotatable bonds is 5. The number of fused-ring (bicyclic) bond motifs is 2. The molecule has 10 heteroatoms. The molecule has 2 saturated heterocycles. The second kappa shape index (κ2) is 9.57. The van der Waals surface area contributed by atoms with Crippen molar-refractivity contribution in [1.82, 2.24) is 15.2 Å². The van der Waals surface area contributed by atoms with E-state index >= 15 is 0 Å². The molecule has 0 aliphatic carbocycles. The molecule has 3 atom stereocenters. The van der Waals surface area contributed by atoms with E-state index in [0.29, 0.717) is 12.8 Å². The molecule has 0 spiro atoms. The molecule has 3 heterocycles. The Balaban J connectivity index is 0.00000272. The Morgan fingerprint density at radius 3 is 2.39 bits per heavy atom. The molecule has 2 aliphatic heterocycles. The van der Waals surface area contributed by atoms with E-state index in [-0.39, 0.29) is 60.2 Å². The maximum absolute atomic E-state index is 13.8. The van der Waals surface area contributed by atoms with Gasteiger partial charge in [-0.15, -0.1) is 0 Å². The van der Waals surface area contributed by atoms with Crippen LogP contribution in [0.1, 0.15) is 36.0 Å². The van der Waals surface area contributed by atoms with E-state index in [2.05, 4.69) is 16.0 Å². The molecule has 2 fully saturated rings. The second-order valence-electron chi connectivity index (χ2n) is 7.64. The van der Waals surface area contributed by atoms with Crippen LogP contribution >= 0.6 is 0 Å². The van der Waals surface area contributed by atoms with E-state index < -0.39 is 17.5 Å². The summed E-state index contributed by atoms with van der Waals surface area (Å²) in [6.45, 7) is 0.225. The third kappa shape index (κ3) is 4.94. The molecule has 4 rings (SSSR count). The van der Waals surface area contributed by atoms with Crippen LogP contribution < -0.4 is 28.2 Å². The van der Waals surface area contributed by atoms with Crippen molar-refractivity contribution < 1.29 is 41.2 Å². The molecule has 0 saturated carbocycles. The number of nitrogens with zero attached hydrogens (tertiary/aromatic N) is 2. The number of hydrogen-bond acceptors (Lipinski definition) is 4. The van der Waals surface area contributed by atoms with Gasteiger partial charge in [-0.05, 0) is 56.0 Å². The van der Waals surface area contributed by atoms with Gasteiger partial charge in [0.05, 0.1) is 6.20 Å². The van der Waals surface area contributed by atoms with Crippen molar-refractivity contribution in [2.24, 2.45) is 0 Å². The monoisotopic (exact) mass is 452 g/mol. The Kier molecular flexibility index (Phi) is 7.07. The van der Waals surface area contributed by atoms with E-state index in [1.54, 1.807) is 0 Å². The summed E-state index contributed by atoms with van der Waals surface area (Å²) in [4.78, 5) is 30.8. The van der Waals surface area contributed by atoms with Gasteiger partial charge in [0.2, 0.25) is 5.88 Å². The first-order valence-electron chi connectivity index (χ1n) is 9.95. The smallest absolute Gasteiger partial charge is 0.278 e. The number of aromatic nitrogens is 1. The van der Waals surface area contributed by atoms with Crippen LogP contribution in [-0.2, 0) is 4.79 Å². The number of piperidine rings is 1. The lowest BCUT2D eigenvalue weighted by Crippen LogP contribution is -3.00. The van der Waals surface area contributed by atoms with E-state index in [0.717, 1.165) is 25.1 Å². The number of halogens is 3. The van der Waals surface area contributed by atoms with Gasteiger partial charge in [0.15, 0.2) is 6.54 Å². The Hall–Kier alpha value is -2.78. The number of ether oxygens (including phenoxy) is 1. The van der Waals surface area contributed by atoms with Crippen molar-refractivity contribution >= 4 is 11.8 Å². The quantitative estimate of drug-likeness (QED) is 0.586. The summed E-state index contributed by atoms with van der Waals surface area (Å²) in [6.07, 6.45) is 4.06. The van der Waals surface area contributed by atoms with Gasteiger partial charge in [-0.3, -0.25) is 9.59 Å². The van der Waals surface area contributed by atoms with Crippen LogP contribution in [-0.4, -0.2) is 46.4 Å². The van der Waals surface area contributed by atoms with Crippen molar-refractivity contribution in [2.45, 2.75) is 43.8 Å². The number of hydrogen-bond donors (Lipinski definition) is 2. The lowest BCUT2D eigenvalue weighted by atomic mass is 9.96. The normalized spacial score (nSPS) is 21.9. The third-order valence-electron chi connectivity index (χ3n) is 5.66. The predicted molar refractivity (Wildman–Crippen MR) is 103 cm³/mol. The molecule has 2 aliphatic rings. The van der Waals surface area contributed by atoms with Gasteiger partial charge in [-0.2, -0.15) is 0 Å². The molecule has 0 radical (unpaired) electrons. The van der Waals surface area contributed by atoms with E-state index in [9.17, 15) is 18.4 Å². The molecular weight excluding hydrogens is 430 g/mol. The van der Waals surface area contributed by atoms with Crippen LogP contribution in [0.5, 0.6) is 11.6 Å². The molecule has 1 aromatic heterocycles. The molecule has 31 heavy (non-hydrogen) atoms. The summed E-state index contributed by atoms with van der Waals surface area (Å²) in [7, 11) is 0. The largest absolute Gasteiger partial charge is 1.00 e. The summed E-state index contributed by atoms with van der Waals surface area (Å²) < 4.78 is 32.5. The van der Waals surface area contributed by atoms with Gasteiger partial charge >= 0.3 is 0 Å². The van der Waals surface area contributed by atoms with Crippen LogP contribution in [0.4, 0.5) is 8.78 Å². The van der Waals surface area contributed by atoms with Gasteiger partial charge in [-0.25, -0.2) is 13.8 Å². The molecule has 2 amide bonds. The number of amides is 2. The zero-order valence-corrected chi connectivity index (χ0v) is 17.4. The average Bonchev–Trinajstić information content (AvgIpc) is 3.00. The summed E-state index contributed by atoms with van der Waals surface area (Å²) >= 11 is 0. The Bertz CT molecular complexity index is 946. The molecule has 166 valence electrons. The molecule has 4 N–H and O–H groups in total. The van der Waals surface area contributed by atoms with Gasteiger partial charge in [0.1, 0.15) is 22.9 Å². The van der Waals surface area contributed by atoms with E-state index in [4.69, 9.17) is 4.74 Å². The SMILES string of the molecule is [Cl-].[NH3+]CC(=O)N1[C@@H]2CC[C@H]1CC(NC(=O)c1cc(F)cnc1Oc1ccc(F)cc1)C2. The number of carbonyl (C=O) groups excluding carboxylic acids is 2. The highest BCUT2D eigenvalue weighted by Gasteiger charge is 2.43. The van der Waals surface area contributed by atoms with Gasteiger partial charge in [-0.1, -0.05) is 0 Å². The molecule has 2 aromatic rings. The molecule has 7 nitrogen and oxygen atoms in total. The highest BCUT2D eigenvalue weighted by molar-refractivity contribution is 5.96. The van der Waals surface area contributed by atoms with Crippen molar-refractivity contribution in [3.05, 3.63) is 53.7 Å². The maximum atomic E-state index is 13.8. The average molecular weight is 453 g/mol. The zero-order chi connectivity index (χ0) is 21.3. The Morgan fingerprint density at radius 2 is 1.77 bits per heavy atom. The Morgan fingerprint density at radius 1 is 1.13 bits per heavy atom. The number of carbonyl (C=O) groups is 2. The topological polar surface area (TPSA) is 99.2 Å². The molecular formula is C21H23ClF2N4O3. The fourth-order valence-corrected chi connectivity index (χ4v) is 4.38. The predicted octanol–water partition coefficient (Wildman–Crippen LogP) is -1.35. The fraction of sp³-hybridized carbons (Fsp3) is 0.381. The summed E-state index contributed by atoms with van der Waals surface area (Å²) in [5, 5.41) is 2.94. The first-order valence-corrected chi connectivity index (χ1v) is 9.95. The number of pyridine rings is 1. The van der Waals surface area contributed by atoms with Crippen LogP contribution in [0.15, 0.2) is 36.5 Å². The van der Waals surface area contributed by atoms with Crippen molar-refractivity contribution in [3.8, 4) is 11.6 Å². The van der Waals surface area contributed by atoms with Crippen molar-refractivity contribution in [3.63, 3.8) is 0 Å². The van der Waals surface area contributed by atoms with Gasteiger partial charge in [0.25, 0.3) is 11.8 Å². The first-order chi connectivity index (χ1) is 14.4. The number of benzene rings is 1. The number of quaternary nitrogens is 1. The van der Waals surface area contributed by atoms with Crippen molar-refractivity contribution in [2.75, 3.05) is 6.54 Å². The minimum Gasteiger partial charge on any atom is -1.00 e. The maximum Gasteiger partial charge on any atom is 0.278 e. The van der Waals surface area contributed by atoms with E-state index in [1.165, 1.54) is 24.3 Å². The van der Waals surface area contributed by atoms with Crippen molar-refractivity contribution in [1.29, 1.82) is 0 Å². The number of nitrogens with one attached hydrogen (secondary N) is 1. The molecule has 2 bridgehead atoms. The first kappa shape index (κ1) is 22.9.